The summed E-state index contributed by atoms with van der Waals surface area (Å²) in [5.74, 6) is 2.29. The lowest BCUT2D eigenvalue weighted by atomic mass is 10.1. The SMILES string of the molecule is Cc1ccc(C)c(OCCNC(=O)NCc2ccc3c(c2)OCO3)c1. The molecule has 0 spiro atoms. The molecule has 0 saturated carbocycles. The fraction of sp³-hybridized carbons (Fsp3) is 0.316. The largest absolute Gasteiger partial charge is 0.491 e. The highest BCUT2D eigenvalue weighted by molar-refractivity contribution is 5.73. The van der Waals surface area contributed by atoms with Crippen molar-refractivity contribution in [3.63, 3.8) is 0 Å². The summed E-state index contributed by atoms with van der Waals surface area (Å²) in [6.45, 7) is 5.53. The van der Waals surface area contributed by atoms with E-state index in [-0.39, 0.29) is 12.8 Å². The van der Waals surface area contributed by atoms with E-state index < -0.39 is 0 Å². The monoisotopic (exact) mass is 342 g/mol. The first-order chi connectivity index (χ1) is 12.1. The fourth-order valence-corrected chi connectivity index (χ4v) is 2.48. The Morgan fingerprint density at radius 2 is 1.92 bits per heavy atom. The summed E-state index contributed by atoms with van der Waals surface area (Å²) in [5.41, 5.74) is 3.18. The number of urea groups is 1. The van der Waals surface area contributed by atoms with Crippen LogP contribution in [-0.2, 0) is 6.54 Å². The van der Waals surface area contributed by atoms with Crippen molar-refractivity contribution < 1.29 is 19.0 Å². The molecular weight excluding hydrogens is 320 g/mol. The Morgan fingerprint density at radius 3 is 2.80 bits per heavy atom. The average Bonchev–Trinajstić information content (AvgIpc) is 3.07. The maximum atomic E-state index is 11.8. The van der Waals surface area contributed by atoms with Gasteiger partial charge in [-0.05, 0) is 48.7 Å². The average molecular weight is 342 g/mol. The lowest BCUT2D eigenvalue weighted by Gasteiger charge is -2.11. The predicted octanol–water partition coefficient (Wildman–Crippen LogP) is 2.91. The molecule has 0 saturated heterocycles. The predicted molar refractivity (Wildman–Crippen MR) is 94.2 cm³/mol. The molecule has 2 aromatic carbocycles. The highest BCUT2D eigenvalue weighted by Gasteiger charge is 2.13. The van der Waals surface area contributed by atoms with Gasteiger partial charge in [-0.15, -0.1) is 0 Å². The number of hydrogen-bond acceptors (Lipinski definition) is 4. The number of fused-ring (bicyclic) bond motifs is 1. The van der Waals surface area contributed by atoms with Crippen LogP contribution in [0.25, 0.3) is 0 Å². The van der Waals surface area contributed by atoms with Gasteiger partial charge < -0.3 is 24.8 Å². The van der Waals surface area contributed by atoms with E-state index in [0.717, 1.165) is 28.2 Å². The number of ether oxygens (including phenoxy) is 3. The number of carbonyl (C=O) groups is 1. The van der Waals surface area contributed by atoms with Gasteiger partial charge in [0.05, 0.1) is 6.54 Å². The number of nitrogens with one attached hydrogen (secondary N) is 2. The van der Waals surface area contributed by atoms with Crippen molar-refractivity contribution in [1.29, 1.82) is 0 Å². The highest BCUT2D eigenvalue weighted by Crippen LogP contribution is 2.32. The molecule has 2 N–H and O–H groups in total. The first kappa shape index (κ1) is 17.0. The second-order valence-corrected chi connectivity index (χ2v) is 5.91. The van der Waals surface area contributed by atoms with Gasteiger partial charge in [0, 0.05) is 6.54 Å². The molecule has 0 unspecified atom stereocenters. The van der Waals surface area contributed by atoms with Crippen LogP contribution in [-0.4, -0.2) is 26.0 Å². The lowest BCUT2D eigenvalue weighted by Crippen LogP contribution is -2.37. The topological polar surface area (TPSA) is 68.8 Å². The van der Waals surface area contributed by atoms with Gasteiger partial charge in [-0.2, -0.15) is 0 Å². The fourth-order valence-electron chi connectivity index (χ4n) is 2.48. The first-order valence-electron chi connectivity index (χ1n) is 8.22. The maximum Gasteiger partial charge on any atom is 0.315 e. The van der Waals surface area contributed by atoms with Crippen LogP contribution in [0, 0.1) is 13.8 Å². The smallest absolute Gasteiger partial charge is 0.315 e. The molecule has 25 heavy (non-hydrogen) atoms. The van der Waals surface area contributed by atoms with Crippen molar-refractivity contribution in [1.82, 2.24) is 10.6 Å². The Labute approximate surface area is 147 Å². The summed E-state index contributed by atoms with van der Waals surface area (Å²) in [6.07, 6.45) is 0. The minimum absolute atomic E-state index is 0.234. The van der Waals surface area contributed by atoms with Crippen LogP contribution >= 0.6 is 0 Å². The van der Waals surface area contributed by atoms with Crippen LogP contribution in [0.2, 0.25) is 0 Å². The number of aryl methyl sites for hydroxylation is 2. The number of rotatable bonds is 6. The number of hydrogen-bond donors (Lipinski definition) is 2. The van der Waals surface area contributed by atoms with Gasteiger partial charge in [-0.3, -0.25) is 0 Å². The van der Waals surface area contributed by atoms with Gasteiger partial charge in [0.15, 0.2) is 11.5 Å². The third-order valence-electron chi connectivity index (χ3n) is 3.88. The summed E-state index contributed by atoms with van der Waals surface area (Å²) >= 11 is 0. The molecule has 3 rings (SSSR count). The van der Waals surface area contributed by atoms with E-state index in [1.807, 2.05) is 50.2 Å². The molecule has 0 fully saturated rings. The zero-order valence-corrected chi connectivity index (χ0v) is 14.4. The molecule has 1 aliphatic rings. The Bertz CT molecular complexity index is 761. The molecule has 0 radical (unpaired) electrons. The van der Waals surface area contributed by atoms with E-state index in [1.165, 1.54) is 0 Å². The van der Waals surface area contributed by atoms with Crippen LogP contribution < -0.4 is 24.8 Å². The van der Waals surface area contributed by atoms with Gasteiger partial charge in [0.25, 0.3) is 0 Å². The second-order valence-electron chi connectivity index (χ2n) is 5.91. The van der Waals surface area contributed by atoms with E-state index in [0.29, 0.717) is 25.4 Å². The van der Waals surface area contributed by atoms with E-state index in [2.05, 4.69) is 10.6 Å². The lowest BCUT2D eigenvalue weighted by molar-refractivity contribution is 0.174. The molecule has 1 heterocycles. The molecule has 0 atom stereocenters. The summed E-state index contributed by atoms with van der Waals surface area (Å²) < 4.78 is 16.3. The van der Waals surface area contributed by atoms with Gasteiger partial charge in [-0.25, -0.2) is 4.79 Å². The molecule has 0 aliphatic carbocycles. The van der Waals surface area contributed by atoms with Crippen LogP contribution in [0.4, 0.5) is 4.79 Å². The molecule has 2 amide bonds. The van der Waals surface area contributed by atoms with E-state index in [4.69, 9.17) is 14.2 Å². The standard InChI is InChI=1S/C19H22N2O4/c1-13-3-4-14(2)17(9-13)23-8-7-20-19(22)21-11-15-5-6-16-18(10-15)25-12-24-16/h3-6,9-10H,7-8,11-12H2,1-2H3,(H2,20,21,22). The van der Waals surface area contributed by atoms with Crippen molar-refractivity contribution in [3.8, 4) is 17.2 Å². The normalized spacial score (nSPS) is 11.9. The van der Waals surface area contributed by atoms with E-state index in [9.17, 15) is 4.79 Å². The van der Waals surface area contributed by atoms with Gasteiger partial charge in [0.1, 0.15) is 12.4 Å². The Balaban J connectivity index is 1.37. The Morgan fingerprint density at radius 1 is 1.08 bits per heavy atom. The van der Waals surface area contributed by atoms with Crippen molar-refractivity contribution in [2.75, 3.05) is 19.9 Å². The van der Waals surface area contributed by atoms with Crippen LogP contribution in [0.1, 0.15) is 16.7 Å². The van der Waals surface area contributed by atoms with Gasteiger partial charge in [-0.1, -0.05) is 18.2 Å². The number of benzene rings is 2. The first-order valence-corrected chi connectivity index (χ1v) is 8.22. The zero-order chi connectivity index (χ0) is 17.6. The van der Waals surface area contributed by atoms with E-state index >= 15 is 0 Å². The Hall–Kier alpha value is -2.89. The summed E-state index contributed by atoms with van der Waals surface area (Å²) in [6, 6.07) is 11.4. The second kappa shape index (κ2) is 7.79. The van der Waals surface area contributed by atoms with Crippen LogP contribution in [0.5, 0.6) is 17.2 Å². The van der Waals surface area contributed by atoms with Crippen molar-refractivity contribution in [2.45, 2.75) is 20.4 Å². The van der Waals surface area contributed by atoms with Gasteiger partial charge >= 0.3 is 6.03 Å². The molecule has 1 aliphatic heterocycles. The summed E-state index contributed by atoms with van der Waals surface area (Å²) in [5, 5.41) is 5.59. The molecular formula is C19H22N2O4. The van der Waals surface area contributed by atoms with Crippen molar-refractivity contribution >= 4 is 6.03 Å². The Kier molecular flexibility index (Phi) is 5.28. The van der Waals surface area contributed by atoms with Gasteiger partial charge in [0.2, 0.25) is 6.79 Å². The molecule has 0 aromatic heterocycles. The van der Waals surface area contributed by atoms with Crippen molar-refractivity contribution in [3.05, 3.63) is 53.1 Å². The van der Waals surface area contributed by atoms with Crippen LogP contribution in [0.15, 0.2) is 36.4 Å². The molecule has 2 aromatic rings. The molecule has 0 bridgehead atoms. The quantitative estimate of drug-likeness (QED) is 0.792. The third-order valence-corrected chi connectivity index (χ3v) is 3.88. The van der Waals surface area contributed by atoms with E-state index in [1.54, 1.807) is 0 Å². The number of carbonyl (C=O) groups excluding carboxylic acids is 1. The van der Waals surface area contributed by atoms with Crippen LogP contribution in [0.3, 0.4) is 0 Å². The summed E-state index contributed by atoms with van der Waals surface area (Å²) in [4.78, 5) is 11.8. The number of amides is 2. The summed E-state index contributed by atoms with van der Waals surface area (Å²) in [7, 11) is 0. The maximum absolute atomic E-state index is 11.8. The zero-order valence-electron chi connectivity index (χ0n) is 14.4. The highest BCUT2D eigenvalue weighted by atomic mass is 16.7. The minimum atomic E-state index is -0.234. The molecule has 6 nitrogen and oxygen atoms in total. The van der Waals surface area contributed by atoms with Crippen molar-refractivity contribution in [2.24, 2.45) is 0 Å². The minimum Gasteiger partial charge on any atom is -0.491 e. The third kappa shape index (κ3) is 4.56. The molecule has 6 heteroatoms. The molecule has 132 valence electrons.